The van der Waals surface area contributed by atoms with Gasteiger partial charge in [-0.2, -0.15) is 0 Å². The second-order valence-electron chi connectivity index (χ2n) is 8.50. The molecule has 0 atom stereocenters. The number of carbonyl (C=O) groups excluding carboxylic acids is 1. The van der Waals surface area contributed by atoms with Crippen LogP contribution in [0.2, 0.25) is 0 Å². The highest BCUT2D eigenvalue weighted by molar-refractivity contribution is 5.80. The summed E-state index contributed by atoms with van der Waals surface area (Å²) in [5.74, 6) is 2.07. The molecule has 2 aromatic rings. The van der Waals surface area contributed by atoms with Crippen LogP contribution in [0.5, 0.6) is 0 Å². The van der Waals surface area contributed by atoms with Gasteiger partial charge in [0.15, 0.2) is 0 Å². The van der Waals surface area contributed by atoms with E-state index in [9.17, 15) is 4.79 Å². The minimum absolute atomic E-state index is 0.214. The normalized spacial score (nSPS) is 22.1. The lowest BCUT2D eigenvalue weighted by molar-refractivity contribution is -0.146. The molecule has 6 nitrogen and oxygen atoms in total. The van der Waals surface area contributed by atoms with Crippen LogP contribution >= 0.6 is 0 Å². The third kappa shape index (κ3) is 3.17. The summed E-state index contributed by atoms with van der Waals surface area (Å²) in [4.78, 5) is 19.4. The number of likely N-dealkylation sites (tertiary alicyclic amines) is 1. The minimum Gasteiger partial charge on any atom is -0.441 e. The van der Waals surface area contributed by atoms with Crippen LogP contribution in [0.4, 0.5) is 0 Å². The first-order chi connectivity index (χ1) is 13.1. The van der Waals surface area contributed by atoms with Crippen molar-refractivity contribution in [2.45, 2.75) is 32.4 Å². The van der Waals surface area contributed by atoms with Crippen LogP contribution in [0.3, 0.4) is 0 Å². The first kappa shape index (κ1) is 17.0. The number of aryl methyl sites for hydroxylation is 1. The highest BCUT2D eigenvalue weighted by Crippen LogP contribution is 2.52. The lowest BCUT2D eigenvalue weighted by Crippen LogP contribution is -2.65. The van der Waals surface area contributed by atoms with E-state index >= 15 is 0 Å². The van der Waals surface area contributed by atoms with Crippen LogP contribution in [0.15, 0.2) is 34.7 Å². The number of carbonyl (C=O) groups is 1. The molecule has 1 aromatic carbocycles. The Labute approximate surface area is 159 Å². The topological polar surface area (TPSA) is 70.4 Å². The zero-order chi connectivity index (χ0) is 18.4. The summed E-state index contributed by atoms with van der Waals surface area (Å²) in [7, 11) is 0. The average molecular weight is 366 g/mol. The molecule has 3 aliphatic rings. The Hall–Kier alpha value is -2.18. The van der Waals surface area contributed by atoms with E-state index in [1.165, 1.54) is 0 Å². The van der Waals surface area contributed by atoms with Crippen LogP contribution in [0.1, 0.15) is 24.3 Å². The number of hydrogen-bond donors (Lipinski definition) is 2. The zero-order valence-corrected chi connectivity index (χ0v) is 15.7. The second-order valence-corrected chi connectivity index (χ2v) is 8.50. The Balaban J connectivity index is 1.13. The molecule has 2 saturated heterocycles. The molecule has 3 fully saturated rings. The fraction of sp³-hybridized carbons (Fsp3) is 0.524. The number of oxazole rings is 1. The van der Waals surface area contributed by atoms with Crippen LogP contribution in [0, 0.1) is 18.3 Å². The highest BCUT2D eigenvalue weighted by atomic mass is 16.4. The molecule has 0 bridgehead atoms. The maximum absolute atomic E-state index is 12.2. The van der Waals surface area contributed by atoms with Crippen molar-refractivity contribution in [3.05, 3.63) is 41.8 Å². The van der Waals surface area contributed by atoms with Gasteiger partial charge in [0, 0.05) is 44.2 Å². The molecule has 6 heteroatoms. The van der Waals surface area contributed by atoms with Gasteiger partial charge in [-0.05, 0) is 37.3 Å². The van der Waals surface area contributed by atoms with Gasteiger partial charge in [-0.3, -0.25) is 9.69 Å². The summed E-state index contributed by atoms with van der Waals surface area (Å²) in [6.07, 6.45) is 2.06. The number of nitrogens with zero attached hydrogens (tertiary/aromatic N) is 2. The largest absolute Gasteiger partial charge is 0.441 e. The molecule has 2 N–H and O–H groups in total. The van der Waals surface area contributed by atoms with Crippen LogP contribution in [0.25, 0.3) is 11.5 Å². The molecular weight excluding hydrogens is 340 g/mol. The fourth-order valence-electron chi connectivity index (χ4n) is 4.64. The van der Waals surface area contributed by atoms with Crippen molar-refractivity contribution in [1.29, 1.82) is 0 Å². The summed E-state index contributed by atoms with van der Waals surface area (Å²) in [6.45, 7) is 6.78. The number of aromatic nitrogens is 1. The molecule has 1 aliphatic carbocycles. The first-order valence-electron chi connectivity index (χ1n) is 9.85. The number of benzene rings is 1. The van der Waals surface area contributed by atoms with Gasteiger partial charge in [-0.1, -0.05) is 18.2 Å². The summed E-state index contributed by atoms with van der Waals surface area (Å²) >= 11 is 0. The van der Waals surface area contributed by atoms with Crippen LogP contribution < -0.4 is 10.6 Å². The van der Waals surface area contributed by atoms with Crippen LogP contribution in [-0.2, 0) is 11.3 Å². The van der Waals surface area contributed by atoms with E-state index in [-0.39, 0.29) is 11.8 Å². The average Bonchev–Trinajstić information content (AvgIpc) is 2.93. The molecule has 0 radical (unpaired) electrons. The van der Waals surface area contributed by atoms with Crippen molar-refractivity contribution in [1.82, 2.24) is 20.5 Å². The lowest BCUT2D eigenvalue weighted by Gasteiger charge is -2.58. The van der Waals surface area contributed by atoms with Gasteiger partial charge >= 0.3 is 0 Å². The quantitative estimate of drug-likeness (QED) is 0.846. The zero-order valence-electron chi connectivity index (χ0n) is 15.7. The third-order valence-corrected chi connectivity index (χ3v) is 6.26. The molecule has 1 saturated carbocycles. The highest BCUT2D eigenvalue weighted by Gasteiger charge is 2.54. The van der Waals surface area contributed by atoms with Gasteiger partial charge in [0.05, 0.1) is 11.7 Å². The third-order valence-electron chi connectivity index (χ3n) is 6.26. The molecule has 1 spiro atoms. The Kier molecular flexibility index (Phi) is 4.06. The SMILES string of the molecule is Cc1oc(-c2ccccc2)nc1CN1CC2(CC(C(=O)NC3CNC3)C2)C1. The number of hydrogen-bond acceptors (Lipinski definition) is 5. The van der Waals surface area contributed by atoms with E-state index in [0.717, 1.165) is 62.6 Å². The van der Waals surface area contributed by atoms with E-state index in [1.54, 1.807) is 0 Å². The smallest absolute Gasteiger partial charge is 0.226 e. The first-order valence-corrected chi connectivity index (χ1v) is 9.85. The van der Waals surface area contributed by atoms with Gasteiger partial charge < -0.3 is 15.1 Å². The van der Waals surface area contributed by atoms with Crippen molar-refractivity contribution in [3.63, 3.8) is 0 Å². The van der Waals surface area contributed by atoms with E-state index < -0.39 is 0 Å². The van der Waals surface area contributed by atoms with Gasteiger partial charge in [-0.15, -0.1) is 0 Å². The van der Waals surface area contributed by atoms with Crippen molar-refractivity contribution < 1.29 is 9.21 Å². The molecule has 1 aromatic heterocycles. The summed E-state index contributed by atoms with van der Waals surface area (Å²) in [6, 6.07) is 10.4. The molecule has 5 rings (SSSR count). The molecule has 3 heterocycles. The summed E-state index contributed by atoms with van der Waals surface area (Å²) in [5, 5.41) is 6.33. The molecule has 142 valence electrons. The molecule has 0 unspecified atom stereocenters. The van der Waals surface area contributed by atoms with Crippen LogP contribution in [-0.4, -0.2) is 48.0 Å². The van der Waals surface area contributed by atoms with Gasteiger partial charge in [0.2, 0.25) is 11.8 Å². The van der Waals surface area contributed by atoms with E-state index in [0.29, 0.717) is 17.3 Å². The summed E-state index contributed by atoms with van der Waals surface area (Å²) in [5.41, 5.74) is 2.40. The number of amides is 1. The van der Waals surface area contributed by atoms with Crippen molar-refractivity contribution in [2.24, 2.45) is 11.3 Å². The van der Waals surface area contributed by atoms with Crippen molar-refractivity contribution in [3.8, 4) is 11.5 Å². The van der Waals surface area contributed by atoms with E-state index in [4.69, 9.17) is 9.40 Å². The Bertz CT molecular complexity index is 829. The summed E-state index contributed by atoms with van der Waals surface area (Å²) < 4.78 is 5.87. The lowest BCUT2D eigenvalue weighted by atomic mass is 9.57. The Morgan fingerprint density at radius 2 is 2.04 bits per heavy atom. The van der Waals surface area contributed by atoms with Crippen molar-refractivity contribution in [2.75, 3.05) is 26.2 Å². The minimum atomic E-state index is 0.214. The molecular formula is C21H26N4O2. The number of nitrogens with one attached hydrogen (secondary N) is 2. The van der Waals surface area contributed by atoms with Gasteiger partial charge in [0.25, 0.3) is 0 Å². The predicted octanol–water partition coefficient (Wildman–Crippen LogP) is 1.95. The van der Waals surface area contributed by atoms with E-state index in [2.05, 4.69) is 15.5 Å². The Morgan fingerprint density at radius 1 is 1.30 bits per heavy atom. The number of rotatable bonds is 5. The molecule has 2 aliphatic heterocycles. The monoisotopic (exact) mass is 366 g/mol. The predicted molar refractivity (Wildman–Crippen MR) is 102 cm³/mol. The second kappa shape index (κ2) is 6.46. The standard InChI is InChI=1S/C21H26N4O2/c1-14-18(24-20(27-14)15-5-3-2-4-6-15)11-25-12-21(13-25)7-16(8-21)19(26)23-17-9-22-10-17/h2-6,16-17,22H,7-13H2,1H3,(H,23,26). The van der Waals surface area contributed by atoms with Gasteiger partial charge in [-0.25, -0.2) is 4.98 Å². The van der Waals surface area contributed by atoms with Gasteiger partial charge in [0.1, 0.15) is 5.76 Å². The molecule has 27 heavy (non-hydrogen) atoms. The molecule has 1 amide bonds. The fourth-order valence-corrected chi connectivity index (χ4v) is 4.64. The van der Waals surface area contributed by atoms with Crippen molar-refractivity contribution >= 4 is 5.91 Å². The van der Waals surface area contributed by atoms with E-state index in [1.807, 2.05) is 37.3 Å². The Morgan fingerprint density at radius 3 is 2.70 bits per heavy atom. The maximum atomic E-state index is 12.2. The maximum Gasteiger partial charge on any atom is 0.226 e.